The number of nitrogens with one attached hydrogen (secondary N) is 1. The monoisotopic (exact) mass is 465 g/mol. The lowest BCUT2D eigenvalue weighted by Crippen LogP contribution is -2.08. The van der Waals surface area contributed by atoms with E-state index in [0.29, 0.717) is 41.0 Å². The lowest BCUT2D eigenvalue weighted by atomic mass is 10.1. The van der Waals surface area contributed by atoms with E-state index in [2.05, 4.69) is 5.32 Å². The molecule has 33 heavy (non-hydrogen) atoms. The van der Waals surface area contributed by atoms with Crippen LogP contribution in [0.4, 0.5) is 5.69 Å². The summed E-state index contributed by atoms with van der Waals surface area (Å²) in [6.45, 7) is 2.43. The molecule has 7 heteroatoms. The van der Waals surface area contributed by atoms with Gasteiger partial charge in [0.05, 0.1) is 19.3 Å². The minimum atomic E-state index is -0.398. The van der Waals surface area contributed by atoms with E-state index in [0.717, 1.165) is 11.1 Å². The maximum atomic E-state index is 12.3. The molecule has 3 rings (SSSR count). The number of amides is 1. The van der Waals surface area contributed by atoms with Gasteiger partial charge < -0.3 is 19.5 Å². The molecule has 1 N–H and O–H groups in total. The Kier molecular flexibility index (Phi) is 8.49. The largest absolute Gasteiger partial charge is 0.493 e. The van der Waals surface area contributed by atoms with Gasteiger partial charge in [0.2, 0.25) is 5.91 Å². The molecular formula is C26H24ClNO5. The zero-order valence-corrected chi connectivity index (χ0v) is 19.1. The SMILES string of the molecule is CCOC(=O)c1ccc(NC(=O)/C=C/c2ccc(OCc3ccc(Cl)cc3)c(OC)c2)cc1. The maximum Gasteiger partial charge on any atom is 0.338 e. The minimum Gasteiger partial charge on any atom is -0.493 e. The van der Waals surface area contributed by atoms with Crippen molar-refractivity contribution >= 4 is 35.2 Å². The third-order valence-corrected chi connectivity index (χ3v) is 4.84. The van der Waals surface area contributed by atoms with Crippen molar-refractivity contribution < 1.29 is 23.8 Å². The number of carbonyl (C=O) groups excluding carboxylic acids is 2. The Hall–Kier alpha value is -3.77. The molecular weight excluding hydrogens is 442 g/mol. The number of esters is 1. The molecule has 6 nitrogen and oxygen atoms in total. The molecule has 0 bridgehead atoms. The number of anilines is 1. The topological polar surface area (TPSA) is 73.9 Å². The molecule has 0 unspecified atom stereocenters. The van der Waals surface area contributed by atoms with Gasteiger partial charge in [0.25, 0.3) is 0 Å². The van der Waals surface area contributed by atoms with Crippen molar-refractivity contribution in [3.05, 3.63) is 94.5 Å². The van der Waals surface area contributed by atoms with Crippen molar-refractivity contribution in [2.75, 3.05) is 19.0 Å². The predicted octanol–water partition coefficient (Wildman–Crippen LogP) is 5.76. The Morgan fingerprint density at radius 3 is 2.36 bits per heavy atom. The normalized spacial score (nSPS) is 10.6. The van der Waals surface area contributed by atoms with Gasteiger partial charge in [-0.1, -0.05) is 29.8 Å². The Bertz CT molecular complexity index is 1120. The van der Waals surface area contributed by atoms with Crippen LogP contribution < -0.4 is 14.8 Å². The molecule has 0 radical (unpaired) electrons. The Balaban J connectivity index is 1.59. The first-order valence-electron chi connectivity index (χ1n) is 10.3. The molecule has 0 atom stereocenters. The fourth-order valence-electron chi connectivity index (χ4n) is 2.91. The Labute approximate surface area is 197 Å². The van der Waals surface area contributed by atoms with Gasteiger partial charge in [-0.15, -0.1) is 0 Å². The molecule has 1 amide bonds. The second-order valence-corrected chi connectivity index (χ2v) is 7.38. The van der Waals surface area contributed by atoms with E-state index < -0.39 is 5.97 Å². The number of rotatable bonds is 9. The van der Waals surface area contributed by atoms with E-state index in [-0.39, 0.29) is 5.91 Å². The predicted molar refractivity (Wildman–Crippen MR) is 129 cm³/mol. The summed E-state index contributed by atoms with van der Waals surface area (Å²) in [6.07, 6.45) is 3.09. The molecule has 0 aliphatic rings. The number of benzene rings is 3. The summed E-state index contributed by atoms with van der Waals surface area (Å²) in [5.41, 5.74) is 2.76. The van der Waals surface area contributed by atoms with Gasteiger partial charge in [0.15, 0.2) is 11.5 Å². The van der Waals surface area contributed by atoms with Crippen LogP contribution in [0.3, 0.4) is 0 Å². The summed E-state index contributed by atoms with van der Waals surface area (Å²) in [5.74, 6) is 0.447. The van der Waals surface area contributed by atoms with E-state index in [4.69, 9.17) is 25.8 Å². The summed E-state index contributed by atoms with van der Waals surface area (Å²) in [4.78, 5) is 24.0. The number of hydrogen-bond acceptors (Lipinski definition) is 5. The Morgan fingerprint density at radius 1 is 0.970 bits per heavy atom. The van der Waals surface area contributed by atoms with Gasteiger partial charge in [-0.25, -0.2) is 4.79 Å². The van der Waals surface area contributed by atoms with Gasteiger partial charge in [-0.3, -0.25) is 4.79 Å². The fourth-order valence-corrected chi connectivity index (χ4v) is 3.03. The van der Waals surface area contributed by atoms with Crippen molar-refractivity contribution in [3.8, 4) is 11.5 Å². The average Bonchev–Trinajstić information content (AvgIpc) is 2.83. The van der Waals surface area contributed by atoms with E-state index in [1.165, 1.54) is 6.08 Å². The number of hydrogen-bond donors (Lipinski definition) is 1. The summed E-state index contributed by atoms with van der Waals surface area (Å²) in [7, 11) is 1.56. The summed E-state index contributed by atoms with van der Waals surface area (Å²) in [5, 5.41) is 3.42. The van der Waals surface area contributed by atoms with Crippen LogP contribution in [-0.2, 0) is 16.1 Å². The van der Waals surface area contributed by atoms with Gasteiger partial charge >= 0.3 is 5.97 Å². The van der Waals surface area contributed by atoms with Crippen molar-refractivity contribution in [2.45, 2.75) is 13.5 Å². The van der Waals surface area contributed by atoms with Crippen LogP contribution in [-0.4, -0.2) is 25.6 Å². The third kappa shape index (κ3) is 7.12. The molecule has 0 fully saturated rings. The second kappa shape index (κ2) is 11.7. The highest BCUT2D eigenvalue weighted by Crippen LogP contribution is 2.29. The maximum absolute atomic E-state index is 12.3. The number of methoxy groups -OCH3 is 1. The fraction of sp³-hybridized carbons (Fsp3) is 0.154. The standard InChI is InChI=1S/C26H24ClNO5/c1-3-32-26(30)20-8-12-22(13-9-20)28-25(29)15-7-18-6-14-23(24(16-18)31-2)33-17-19-4-10-21(27)11-5-19/h4-16H,3,17H2,1-2H3,(H,28,29)/b15-7+. The third-order valence-electron chi connectivity index (χ3n) is 4.59. The molecule has 0 aromatic heterocycles. The summed E-state index contributed by atoms with van der Waals surface area (Å²) in [6, 6.07) is 19.3. The van der Waals surface area contributed by atoms with Gasteiger partial charge in [0.1, 0.15) is 6.61 Å². The highest BCUT2D eigenvalue weighted by Gasteiger charge is 2.08. The van der Waals surface area contributed by atoms with Crippen LogP contribution in [0.2, 0.25) is 5.02 Å². The molecule has 3 aromatic carbocycles. The van der Waals surface area contributed by atoms with Crippen LogP contribution in [0.25, 0.3) is 6.08 Å². The summed E-state index contributed by atoms with van der Waals surface area (Å²) >= 11 is 5.91. The first-order valence-corrected chi connectivity index (χ1v) is 10.7. The van der Waals surface area contributed by atoms with Crippen LogP contribution in [0.1, 0.15) is 28.4 Å². The van der Waals surface area contributed by atoms with Gasteiger partial charge in [-0.05, 0) is 72.7 Å². The van der Waals surface area contributed by atoms with E-state index >= 15 is 0 Å². The first kappa shape index (κ1) is 23.9. The van der Waals surface area contributed by atoms with Crippen LogP contribution in [0.5, 0.6) is 11.5 Å². The van der Waals surface area contributed by atoms with Crippen LogP contribution in [0, 0.1) is 0 Å². The van der Waals surface area contributed by atoms with Crippen molar-refractivity contribution in [1.29, 1.82) is 0 Å². The van der Waals surface area contributed by atoms with Crippen molar-refractivity contribution in [2.24, 2.45) is 0 Å². The number of ether oxygens (including phenoxy) is 3. The van der Waals surface area contributed by atoms with Crippen molar-refractivity contribution in [3.63, 3.8) is 0 Å². The van der Waals surface area contributed by atoms with E-state index in [9.17, 15) is 9.59 Å². The van der Waals surface area contributed by atoms with Crippen LogP contribution in [0.15, 0.2) is 72.8 Å². The first-order chi connectivity index (χ1) is 16.0. The molecule has 0 spiro atoms. The lowest BCUT2D eigenvalue weighted by Gasteiger charge is -2.11. The minimum absolute atomic E-state index is 0.305. The molecule has 0 heterocycles. The summed E-state index contributed by atoms with van der Waals surface area (Å²) < 4.78 is 16.2. The molecule has 3 aromatic rings. The average molecular weight is 466 g/mol. The second-order valence-electron chi connectivity index (χ2n) is 6.95. The number of carbonyl (C=O) groups is 2. The quantitative estimate of drug-likeness (QED) is 0.321. The van der Waals surface area contributed by atoms with E-state index in [1.807, 2.05) is 30.3 Å². The Morgan fingerprint density at radius 2 is 1.70 bits per heavy atom. The molecule has 0 aliphatic carbocycles. The highest BCUT2D eigenvalue weighted by molar-refractivity contribution is 6.30. The lowest BCUT2D eigenvalue weighted by molar-refractivity contribution is -0.111. The smallest absolute Gasteiger partial charge is 0.338 e. The zero-order chi connectivity index (χ0) is 23.6. The molecule has 0 saturated carbocycles. The zero-order valence-electron chi connectivity index (χ0n) is 18.3. The van der Waals surface area contributed by atoms with Gasteiger partial charge in [-0.2, -0.15) is 0 Å². The molecule has 0 aliphatic heterocycles. The molecule has 170 valence electrons. The highest BCUT2D eigenvalue weighted by atomic mass is 35.5. The van der Waals surface area contributed by atoms with E-state index in [1.54, 1.807) is 56.5 Å². The number of halogens is 1. The van der Waals surface area contributed by atoms with Crippen LogP contribution >= 0.6 is 11.6 Å². The van der Waals surface area contributed by atoms with Crippen molar-refractivity contribution in [1.82, 2.24) is 0 Å². The molecule has 0 saturated heterocycles. The van der Waals surface area contributed by atoms with Gasteiger partial charge in [0, 0.05) is 16.8 Å².